The van der Waals surface area contributed by atoms with Crippen molar-refractivity contribution in [1.82, 2.24) is 4.90 Å². The molecule has 22 heavy (non-hydrogen) atoms. The highest BCUT2D eigenvalue weighted by atomic mass is 16.5. The highest BCUT2D eigenvalue weighted by Gasteiger charge is 2.22. The van der Waals surface area contributed by atoms with Gasteiger partial charge in [-0.15, -0.1) is 0 Å². The lowest BCUT2D eigenvalue weighted by Crippen LogP contribution is -2.37. The maximum Gasteiger partial charge on any atom is 0.407 e. The van der Waals surface area contributed by atoms with Gasteiger partial charge in [0.2, 0.25) is 5.91 Å². The quantitative estimate of drug-likeness (QED) is 0.876. The molecule has 0 aliphatic carbocycles. The van der Waals surface area contributed by atoms with Crippen molar-refractivity contribution in [2.45, 2.75) is 25.7 Å². The summed E-state index contributed by atoms with van der Waals surface area (Å²) in [6.45, 7) is 1.13. The van der Waals surface area contributed by atoms with Gasteiger partial charge in [-0.3, -0.25) is 4.79 Å². The summed E-state index contributed by atoms with van der Waals surface area (Å²) in [5.41, 5.74) is 0.677. The molecule has 2 rings (SSSR count). The van der Waals surface area contributed by atoms with Crippen LogP contribution in [0.3, 0.4) is 0 Å². The van der Waals surface area contributed by atoms with E-state index in [0.717, 1.165) is 19.3 Å². The predicted molar refractivity (Wildman–Crippen MR) is 83.2 cm³/mol. The van der Waals surface area contributed by atoms with Crippen LogP contribution in [0.1, 0.15) is 25.7 Å². The number of benzene rings is 1. The maximum atomic E-state index is 12.0. The standard InChI is InChI=1S/C16H22N2O4/c1-22-14-5-3-2-4-13(14)17-15(19)7-6-12-8-10-18(11-9-12)16(20)21/h2-5,12H,6-11H2,1H3,(H,17,19)(H,20,21). The van der Waals surface area contributed by atoms with Gasteiger partial charge in [0.05, 0.1) is 12.8 Å². The van der Waals surface area contributed by atoms with Gasteiger partial charge in [-0.05, 0) is 37.3 Å². The SMILES string of the molecule is COc1ccccc1NC(=O)CCC1CCN(C(=O)O)CC1. The van der Waals surface area contributed by atoms with E-state index in [1.807, 2.05) is 18.2 Å². The zero-order chi connectivity index (χ0) is 15.9. The Balaban J connectivity index is 1.75. The Kier molecular flexibility index (Phi) is 5.63. The van der Waals surface area contributed by atoms with E-state index in [0.29, 0.717) is 36.9 Å². The Bertz CT molecular complexity index is 525. The summed E-state index contributed by atoms with van der Waals surface area (Å²) in [6, 6.07) is 7.31. The minimum absolute atomic E-state index is 0.0369. The monoisotopic (exact) mass is 306 g/mol. The van der Waals surface area contributed by atoms with Crippen LogP contribution in [0.25, 0.3) is 0 Å². The number of hydrogen-bond acceptors (Lipinski definition) is 3. The van der Waals surface area contributed by atoms with Gasteiger partial charge in [-0.1, -0.05) is 12.1 Å². The molecule has 1 aromatic rings. The first kappa shape index (κ1) is 16.1. The van der Waals surface area contributed by atoms with E-state index in [1.54, 1.807) is 13.2 Å². The molecule has 120 valence electrons. The second-order valence-electron chi connectivity index (χ2n) is 5.50. The van der Waals surface area contributed by atoms with Crippen molar-refractivity contribution < 1.29 is 19.4 Å². The van der Waals surface area contributed by atoms with Gasteiger partial charge in [0.15, 0.2) is 0 Å². The molecule has 1 fully saturated rings. The lowest BCUT2D eigenvalue weighted by Gasteiger charge is -2.29. The molecular formula is C16H22N2O4. The van der Waals surface area contributed by atoms with E-state index in [1.165, 1.54) is 4.90 Å². The normalized spacial score (nSPS) is 15.4. The third-order valence-electron chi connectivity index (χ3n) is 4.05. The van der Waals surface area contributed by atoms with E-state index in [-0.39, 0.29) is 5.91 Å². The fraction of sp³-hybridized carbons (Fsp3) is 0.500. The zero-order valence-corrected chi connectivity index (χ0v) is 12.7. The first-order valence-electron chi connectivity index (χ1n) is 7.51. The number of ether oxygens (including phenoxy) is 1. The van der Waals surface area contributed by atoms with E-state index in [4.69, 9.17) is 9.84 Å². The number of carbonyl (C=O) groups is 2. The van der Waals surface area contributed by atoms with Gasteiger partial charge in [-0.25, -0.2) is 4.79 Å². The number of nitrogens with one attached hydrogen (secondary N) is 1. The molecule has 0 atom stereocenters. The molecule has 0 radical (unpaired) electrons. The van der Waals surface area contributed by atoms with Gasteiger partial charge in [-0.2, -0.15) is 0 Å². The van der Waals surface area contributed by atoms with Crippen molar-refractivity contribution in [3.05, 3.63) is 24.3 Å². The minimum Gasteiger partial charge on any atom is -0.495 e. The second kappa shape index (κ2) is 7.68. The molecule has 6 heteroatoms. The van der Waals surface area contributed by atoms with Crippen LogP contribution >= 0.6 is 0 Å². The van der Waals surface area contributed by atoms with Crippen molar-refractivity contribution in [3.63, 3.8) is 0 Å². The van der Waals surface area contributed by atoms with Crippen LogP contribution < -0.4 is 10.1 Å². The summed E-state index contributed by atoms with van der Waals surface area (Å²) >= 11 is 0. The summed E-state index contributed by atoms with van der Waals surface area (Å²) in [6.07, 6.45) is 2.03. The lowest BCUT2D eigenvalue weighted by molar-refractivity contribution is -0.116. The first-order chi connectivity index (χ1) is 10.6. The Morgan fingerprint density at radius 2 is 2.00 bits per heavy atom. The van der Waals surface area contributed by atoms with E-state index in [2.05, 4.69) is 5.32 Å². The van der Waals surface area contributed by atoms with Gasteiger partial charge in [0.1, 0.15) is 5.75 Å². The zero-order valence-electron chi connectivity index (χ0n) is 12.7. The smallest absolute Gasteiger partial charge is 0.407 e. The molecule has 1 aliphatic rings. The Labute approximate surface area is 130 Å². The van der Waals surface area contributed by atoms with Gasteiger partial charge < -0.3 is 20.1 Å². The summed E-state index contributed by atoms with van der Waals surface area (Å²) in [5, 5.41) is 11.8. The Morgan fingerprint density at radius 1 is 1.32 bits per heavy atom. The highest BCUT2D eigenvalue weighted by Crippen LogP contribution is 2.25. The minimum atomic E-state index is -0.854. The van der Waals surface area contributed by atoms with Crippen LogP contribution in [-0.4, -0.2) is 42.2 Å². The van der Waals surface area contributed by atoms with Crippen molar-refractivity contribution in [3.8, 4) is 5.75 Å². The highest BCUT2D eigenvalue weighted by molar-refractivity contribution is 5.92. The second-order valence-corrected chi connectivity index (χ2v) is 5.50. The molecule has 1 aromatic carbocycles. The molecule has 0 aromatic heterocycles. The average Bonchev–Trinajstić information content (AvgIpc) is 2.54. The van der Waals surface area contributed by atoms with Crippen LogP contribution in [0.2, 0.25) is 0 Å². The molecule has 2 N–H and O–H groups in total. The van der Waals surface area contributed by atoms with Crippen molar-refractivity contribution in [2.24, 2.45) is 5.92 Å². The van der Waals surface area contributed by atoms with Crippen molar-refractivity contribution in [2.75, 3.05) is 25.5 Å². The Hall–Kier alpha value is -2.24. The average molecular weight is 306 g/mol. The number of para-hydroxylation sites is 2. The van der Waals surface area contributed by atoms with E-state index in [9.17, 15) is 9.59 Å². The third-order valence-corrected chi connectivity index (χ3v) is 4.05. The number of piperidine rings is 1. The molecule has 1 aliphatic heterocycles. The fourth-order valence-electron chi connectivity index (χ4n) is 2.71. The molecule has 0 bridgehead atoms. The summed E-state index contributed by atoms with van der Waals surface area (Å²) in [4.78, 5) is 24.3. The number of anilines is 1. The number of methoxy groups -OCH3 is 1. The Morgan fingerprint density at radius 3 is 2.64 bits per heavy atom. The van der Waals surface area contributed by atoms with Gasteiger partial charge >= 0.3 is 6.09 Å². The number of carbonyl (C=O) groups excluding carboxylic acids is 1. The molecular weight excluding hydrogens is 284 g/mol. The lowest BCUT2D eigenvalue weighted by atomic mass is 9.92. The largest absolute Gasteiger partial charge is 0.495 e. The fourth-order valence-corrected chi connectivity index (χ4v) is 2.71. The third kappa shape index (κ3) is 4.38. The number of hydrogen-bond donors (Lipinski definition) is 2. The molecule has 1 heterocycles. The number of rotatable bonds is 5. The number of carboxylic acid groups (broad SMARTS) is 1. The molecule has 0 unspecified atom stereocenters. The van der Waals surface area contributed by atoms with E-state index >= 15 is 0 Å². The van der Waals surface area contributed by atoms with Crippen molar-refractivity contribution >= 4 is 17.7 Å². The van der Waals surface area contributed by atoms with Crippen LogP contribution in [-0.2, 0) is 4.79 Å². The molecule has 2 amide bonds. The summed E-state index contributed by atoms with van der Waals surface area (Å²) in [5.74, 6) is 1.02. The van der Waals surface area contributed by atoms with Crippen LogP contribution in [0.15, 0.2) is 24.3 Å². The molecule has 0 spiro atoms. The van der Waals surface area contributed by atoms with Crippen LogP contribution in [0.4, 0.5) is 10.5 Å². The summed E-state index contributed by atoms with van der Waals surface area (Å²) in [7, 11) is 1.57. The molecule has 6 nitrogen and oxygen atoms in total. The van der Waals surface area contributed by atoms with Crippen LogP contribution in [0, 0.1) is 5.92 Å². The maximum absolute atomic E-state index is 12.0. The molecule has 0 saturated carbocycles. The number of likely N-dealkylation sites (tertiary alicyclic amines) is 1. The van der Waals surface area contributed by atoms with Gasteiger partial charge in [0, 0.05) is 19.5 Å². The topological polar surface area (TPSA) is 78.9 Å². The van der Waals surface area contributed by atoms with Crippen LogP contribution in [0.5, 0.6) is 5.75 Å². The van der Waals surface area contributed by atoms with E-state index < -0.39 is 6.09 Å². The van der Waals surface area contributed by atoms with Gasteiger partial charge in [0.25, 0.3) is 0 Å². The van der Waals surface area contributed by atoms with Crippen molar-refractivity contribution in [1.29, 1.82) is 0 Å². The first-order valence-corrected chi connectivity index (χ1v) is 7.51. The molecule has 1 saturated heterocycles. The predicted octanol–water partition coefficient (Wildman–Crippen LogP) is 2.80. The number of nitrogens with zero attached hydrogens (tertiary/aromatic N) is 1. The summed E-state index contributed by atoms with van der Waals surface area (Å²) < 4.78 is 5.20. The number of amides is 2.